The van der Waals surface area contributed by atoms with Crippen molar-refractivity contribution >= 4 is 17.5 Å². The van der Waals surface area contributed by atoms with Crippen molar-refractivity contribution in [1.82, 2.24) is 5.32 Å². The number of amides is 1. The summed E-state index contributed by atoms with van der Waals surface area (Å²) in [5, 5.41) is 2.93. The van der Waals surface area contributed by atoms with Crippen molar-refractivity contribution in [2.75, 3.05) is 6.54 Å². The van der Waals surface area contributed by atoms with Crippen LogP contribution in [0.1, 0.15) is 46.8 Å². The number of hydrogen-bond acceptors (Lipinski definition) is 1. The lowest BCUT2D eigenvalue weighted by atomic mass is 9.99. The summed E-state index contributed by atoms with van der Waals surface area (Å²) in [5.41, 5.74) is 4.00. The number of nitrogens with one attached hydrogen (secondary N) is 1. The van der Waals surface area contributed by atoms with Crippen LogP contribution in [0.5, 0.6) is 0 Å². The third-order valence-corrected chi connectivity index (χ3v) is 3.36. The number of rotatable bonds is 5. The van der Waals surface area contributed by atoms with Crippen molar-refractivity contribution in [1.29, 1.82) is 0 Å². The number of hydrogen-bond donors (Lipinski definition) is 1. The normalized spacial score (nSPS) is 12.3. The van der Waals surface area contributed by atoms with E-state index in [-0.39, 0.29) is 11.3 Å². The Bertz CT molecular complexity index is 405. The van der Waals surface area contributed by atoms with Crippen molar-refractivity contribution in [2.45, 2.75) is 45.9 Å². The summed E-state index contributed by atoms with van der Waals surface area (Å²) >= 11 is 6.10. The molecule has 100 valence electrons. The van der Waals surface area contributed by atoms with E-state index in [0.29, 0.717) is 6.54 Å². The molecule has 0 fully saturated rings. The second-order valence-corrected chi connectivity index (χ2v) is 5.49. The summed E-state index contributed by atoms with van der Waals surface area (Å²) < 4.78 is 0. The predicted octanol–water partition coefficient (Wildman–Crippen LogP) is 3.75. The molecule has 1 aromatic carbocycles. The first-order valence-electron chi connectivity index (χ1n) is 6.45. The van der Waals surface area contributed by atoms with Crippen molar-refractivity contribution < 1.29 is 4.79 Å². The summed E-state index contributed by atoms with van der Waals surface area (Å²) in [6.45, 7) is 8.60. The van der Waals surface area contributed by atoms with E-state index in [1.165, 1.54) is 5.56 Å². The van der Waals surface area contributed by atoms with E-state index in [1.807, 2.05) is 32.9 Å². The van der Waals surface area contributed by atoms with E-state index in [9.17, 15) is 4.79 Å². The molecule has 18 heavy (non-hydrogen) atoms. The van der Waals surface area contributed by atoms with Crippen LogP contribution in [0, 0.1) is 20.8 Å². The molecule has 1 amide bonds. The van der Waals surface area contributed by atoms with Gasteiger partial charge in [-0.15, -0.1) is 11.6 Å². The lowest BCUT2D eigenvalue weighted by molar-refractivity contribution is 0.0952. The van der Waals surface area contributed by atoms with Gasteiger partial charge < -0.3 is 5.32 Å². The molecule has 1 unspecified atom stereocenters. The van der Waals surface area contributed by atoms with Crippen LogP contribution in [0.2, 0.25) is 0 Å². The maximum absolute atomic E-state index is 12.1. The zero-order chi connectivity index (χ0) is 13.7. The van der Waals surface area contributed by atoms with Gasteiger partial charge in [-0.3, -0.25) is 4.79 Å². The number of halogens is 1. The third kappa shape index (κ3) is 4.02. The molecule has 0 aliphatic heterocycles. The van der Waals surface area contributed by atoms with Gasteiger partial charge in [0.1, 0.15) is 0 Å². The zero-order valence-corrected chi connectivity index (χ0v) is 12.4. The van der Waals surface area contributed by atoms with Gasteiger partial charge in [-0.1, -0.05) is 31.0 Å². The van der Waals surface area contributed by atoms with Crippen LogP contribution < -0.4 is 5.32 Å². The van der Waals surface area contributed by atoms with Gasteiger partial charge in [0.2, 0.25) is 0 Å². The minimum Gasteiger partial charge on any atom is -0.351 e. The molecular weight excluding hydrogens is 246 g/mol. The predicted molar refractivity (Wildman–Crippen MR) is 77.5 cm³/mol. The number of aryl methyl sites for hydroxylation is 3. The molecule has 0 saturated heterocycles. The molecule has 0 spiro atoms. The smallest absolute Gasteiger partial charge is 0.251 e. The Balaban J connectivity index is 2.73. The molecule has 1 N–H and O–H groups in total. The minimum atomic E-state index is -0.0215. The molecule has 1 rings (SSSR count). The SMILES string of the molecule is CCCC(Cl)CNC(=O)c1c(C)cc(C)cc1C. The summed E-state index contributed by atoms with van der Waals surface area (Å²) in [6, 6.07) is 4.07. The summed E-state index contributed by atoms with van der Waals surface area (Å²) in [4.78, 5) is 12.1. The molecule has 1 atom stereocenters. The Labute approximate surface area is 115 Å². The fraction of sp³-hybridized carbons (Fsp3) is 0.533. The highest BCUT2D eigenvalue weighted by Gasteiger charge is 2.13. The van der Waals surface area contributed by atoms with Crippen LogP contribution in [0.4, 0.5) is 0 Å². The first-order chi connectivity index (χ1) is 8.45. The van der Waals surface area contributed by atoms with Gasteiger partial charge in [-0.25, -0.2) is 0 Å². The van der Waals surface area contributed by atoms with Gasteiger partial charge in [0.25, 0.3) is 5.91 Å². The highest BCUT2D eigenvalue weighted by Crippen LogP contribution is 2.16. The van der Waals surface area contributed by atoms with Crippen molar-refractivity contribution in [2.24, 2.45) is 0 Å². The fourth-order valence-corrected chi connectivity index (χ4v) is 2.54. The number of carbonyl (C=O) groups excluding carboxylic acids is 1. The number of benzene rings is 1. The molecule has 0 aliphatic carbocycles. The Kier molecular flexibility index (Phi) is 5.67. The zero-order valence-electron chi connectivity index (χ0n) is 11.6. The number of alkyl halides is 1. The third-order valence-electron chi connectivity index (χ3n) is 2.99. The Morgan fingerprint density at radius 1 is 1.28 bits per heavy atom. The van der Waals surface area contributed by atoms with E-state index in [0.717, 1.165) is 29.5 Å². The first-order valence-corrected chi connectivity index (χ1v) is 6.89. The fourth-order valence-electron chi connectivity index (χ4n) is 2.25. The topological polar surface area (TPSA) is 29.1 Å². The Morgan fingerprint density at radius 2 is 1.83 bits per heavy atom. The van der Waals surface area contributed by atoms with Gasteiger partial charge in [0, 0.05) is 12.1 Å². The lowest BCUT2D eigenvalue weighted by Gasteiger charge is -2.13. The van der Waals surface area contributed by atoms with E-state index in [2.05, 4.69) is 12.2 Å². The Morgan fingerprint density at radius 3 is 2.33 bits per heavy atom. The average molecular weight is 268 g/mol. The van der Waals surface area contributed by atoms with E-state index >= 15 is 0 Å². The summed E-state index contributed by atoms with van der Waals surface area (Å²) in [6.07, 6.45) is 1.96. The van der Waals surface area contributed by atoms with E-state index < -0.39 is 0 Å². The van der Waals surface area contributed by atoms with Crippen LogP contribution in [-0.2, 0) is 0 Å². The first kappa shape index (κ1) is 15.0. The second-order valence-electron chi connectivity index (χ2n) is 4.87. The molecular formula is C15H22ClNO. The minimum absolute atomic E-state index is 0.0185. The standard InChI is InChI=1S/C15H22ClNO/c1-5-6-13(16)9-17-15(18)14-11(3)7-10(2)8-12(14)4/h7-8,13H,5-6,9H2,1-4H3,(H,17,18). The molecule has 0 heterocycles. The van der Waals surface area contributed by atoms with Gasteiger partial charge in [0.15, 0.2) is 0 Å². The monoisotopic (exact) mass is 267 g/mol. The summed E-state index contributed by atoms with van der Waals surface area (Å²) in [7, 11) is 0. The van der Waals surface area contributed by atoms with Gasteiger partial charge in [-0.2, -0.15) is 0 Å². The van der Waals surface area contributed by atoms with E-state index in [4.69, 9.17) is 11.6 Å². The molecule has 0 saturated carbocycles. The maximum Gasteiger partial charge on any atom is 0.251 e. The number of carbonyl (C=O) groups is 1. The largest absolute Gasteiger partial charge is 0.351 e. The quantitative estimate of drug-likeness (QED) is 0.809. The maximum atomic E-state index is 12.1. The second kappa shape index (κ2) is 6.79. The highest BCUT2D eigenvalue weighted by atomic mass is 35.5. The van der Waals surface area contributed by atoms with Crippen molar-refractivity contribution in [3.8, 4) is 0 Å². The van der Waals surface area contributed by atoms with Gasteiger partial charge in [-0.05, 0) is 38.3 Å². The highest BCUT2D eigenvalue weighted by molar-refractivity contribution is 6.20. The van der Waals surface area contributed by atoms with Crippen molar-refractivity contribution in [3.05, 3.63) is 34.4 Å². The molecule has 0 aliphatic rings. The lowest BCUT2D eigenvalue weighted by Crippen LogP contribution is -2.30. The van der Waals surface area contributed by atoms with E-state index in [1.54, 1.807) is 0 Å². The molecule has 0 radical (unpaired) electrons. The van der Waals surface area contributed by atoms with Crippen molar-refractivity contribution in [3.63, 3.8) is 0 Å². The molecule has 0 aromatic heterocycles. The molecule has 3 heteroatoms. The van der Waals surface area contributed by atoms with Crippen LogP contribution in [-0.4, -0.2) is 17.8 Å². The Hall–Kier alpha value is -1.02. The summed E-state index contributed by atoms with van der Waals surface area (Å²) in [5.74, 6) is -0.0215. The van der Waals surface area contributed by atoms with Gasteiger partial charge in [0.05, 0.1) is 5.38 Å². The van der Waals surface area contributed by atoms with Crippen LogP contribution in [0.25, 0.3) is 0 Å². The van der Waals surface area contributed by atoms with Crippen LogP contribution in [0.3, 0.4) is 0 Å². The molecule has 2 nitrogen and oxygen atoms in total. The average Bonchev–Trinajstić information content (AvgIpc) is 2.25. The van der Waals surface area contributed by atoms with Crippen LogP contribution in [0.15, 0.2) is 12.1 Å². The molecule has 0 bridgehead atoms. The molecule has 1 aromatic rings. The van der Waals surface area contributed by atoms with Crippen LogP contribution >= 0.6 is 11.6 Å². The van der Waals surface area contributed by atoms with Gasteiger partial charge >= 0.3 is 0 Å².